The van der Waals surface area contributed by atoms with Crippen molar-refractivity contribution in [3.63, 3.8) is 0 Å². The average molecular weight is 1620 g/mol. The summed E-state index contributed by atoms with van der Waals surface area (Å²) in [5.41, 5.74) is 40.6. The summed E-state index contributed by atoms with van der Waals surface area (Å²) < 4.78 is 0. The lowest BCUT2D eigenvalue weighted by atomic mass is 9.93. The number of benzene rings is 19. The lowest BCUT2D eigenvalue weighted by molar-refractivity contribution is 1.32. The van der Waals surface area contributed by atoms with Crippen LogP contribution < -0.4 is 0 Å². The van der Waals surface area contributed by atoms with Crippen LogP contribution in [0, 0.1) is 104 Å². The molecule has 0 radical (unpaired) electrons. The maximum absolute atomic E-state index is 2.25. The monoisotopic (exact) mass is 1620 g/mol. The highest BCUT2D eigenvalue weighted by Crippen LogP contribution is 2.33. The van der Waals surface area contributed by atoms with Gasteiger partial charge in [-0.3, -0.25) is 0 Å². The normalized spacial score (nSPS) is 10.2. The van der Waals surface area contributed by atoms with E-state index in [2.05, 4.69) is 522 Å². The Hall–Kier alpha value is -14.3. The van der Waals surface area contributed by atoms with Gasteiger partial charge in [0.25, 0.3) is 0 Å². The van der Waals surface area contributed by atoms with Gasteiger partial charge in [0.15, 0.2) is 0 Å². The lowest BCUT2D eigenvalue weighted by Crippen LogP contribution is -1.90. The predicted molar refractivity (Wildman–Crippen MR) is 548 cm³/mol. The van der Waals surface area contributed by atoms with Crippen LogP contribution in [0.2, 0.25) is 0 Å². The topological polar surface area (TPSA) is 0 Å². The van der Waals surface area contributed by atoms with E-state index < -0.39 is 0 Å². The summed E-state index contributed by atoms with van der Waals surface area (Å²) >= 11 is 0. The Labute approximate surface area is 747 Å². The molecule has 0 N–H and O–H groups in total. The molecule has 0 aliphatic rings. The molecule has 0 fully saturated rings. The van der Waals surface area contributed by atoms with E-state index in [0.29, 0.717) is 0 Å². The molecule has 0 saturated carbocycles. The van der Waals surface area contributed by atoms with Gasteiger partial charge in [0, 0.05) is 0 Å². The first-order chi connectivity index (χ1) is 60.6. The Morgan fingerprint density at radius 3 is 0.808 bits per heavy atom. The maximum atomic E-state index is 2.25. The number of aryl methyl sites for hydroxylation is 15. The molecule has 0 heterocycles. The first kappa shape index (κ1) is 91.4. The fourth-order valence-corrected chi connectivity index (χ4v) is 14.9. The second-order valence-corrected chi connectivity index (χ2v) is 32.7. The van der Waals surface area contributed by atoms with Crippen molar-refractivity contribution in [2.45, 2.75) is 104 Å². The van der Waals surface area contributed by atoms with Gasteiger partial charge in [0.2, 0.25) is 0 Å². The summed E-state index contributed by atoms with van der Waals surface area (Å²) in [6, 6.07) is 161. The Morgan fingerprint density at radius 2 is 0.376 bits per heavy atom. The SMILES string of the molecule is Cc1ccc(-c2c(C)cc(C)cc2C)cc1.Cc1ccc(-c2cc(C)cc(C)c2)cc1.Cc1ccc(-c2ccc(C)cc2)cc1.Cc1ccc(-c2ccc3ccccc3c2)cc1.Cc1ccc(-c2cccc3ccccc23)cc1.Cc1ccc(-c2ccccc2)cc1.Cc1cccc(-c2ccccc2)c1.Cc1ccccc1.Cc1ccccc1-c1ccccc1. The summed E-state index contributed by atoms with van der Waals surface area (Å²) in [4.78, 5) is 0. The molecule has 19 aromatic rings. The van der Waals surface area contributed by atoms with Crippen molar-refractivity contribution in [2.24, 2.45) is 0 Å². The molecule has 0 heteroatoms. The van der Waals surface area contributed by atoms with E-state index in [-0.39, 0.29) is 0 Å². The first-order valence-electron chi connectivity index (χ1n) is 43.6. The molecule has 0 atom stereocenters. The number of hydrogen-bond acceptors (Lipinski definition) is 0. The average Bonchev–Trinajstić information content (AvgIpc) is 0.805. The van der Waals surface area contributed by atoms with Crippen molar-refractivity contribution in [1.82, 2.24) is 0 Å². The van der Waals surface area contributed by atoms with Gasteiger partial charge in [0.05, 0.1) is 0 Å². The first-order valence-corrected chi connectivity index (χ1v) is 43.6. The molecule has 0 aromatic heterocycles. The Balaban J connectivity index is 0.000000138. The van der Waals surface area contributed by atoms with E-state index in [1.165, 1.54) is 194 Å². The minimum Gasteiger partial charge on any atom is -0.0622 e. The molecule has 0 unspecified atom stereocenters. The zero-order valence-corrected chi connectivity index (χ0v) is 75.8. The standard InChI is InChI=1S/2C17H14.C16H18.C15H16.C14H14.3C13H12.C7H8/c1-13-9-11-15(12-10-13)17-8-4-6-14-5-2-3-7-16(14)17;1-13-6-8-15(9-7-13)17-11-10-14-4-2-3-5-16(14)12-17;1-11-5-7-15(8-6-11)16-13(3)9-12(2)10-14(16)4;1-11-4-6-14(7-5-11)15-9-12(2)8-13(3)10-15;1-11-3-7-13(8-4-11)14-9-5-12(2)6-10-14;1-11-7-5-6-10-13(11)12-8-3-2-4-9-12;1-11-6-5-9-13(10-11)12-7-3-2-4-8-12;1-11-7-9-13(10-8-11)12-5-3-2-4-6-12;1-7-5-3-2-4-6-7/h2*2-12H,1H3;5-10H,1-4H3;4-10H,1-3H3;3-10H,1-2H3;3*2-10H,1H3;2-6H,1H3. The van der Waals surface area contributed by atoms with Crippen LogP contribution in [0.1, 0.15) is 83.5 Å². The predicted octanol–water partition coefficient (Wildman–Crippen LogP) is 35.4. The van der Waals surface area contributed by atoms with Crippen LogP contribution in [-0.4, -0.2) is 0 Å². The molecule has 0 nitrogen and oxygen atoms in total. The quantitative estimate of drug-likeness (QED) is 0.142. The van der Waals surface area contributed by atoms with Crippen LogP contribution >= 0.6 is 0 Å². The largest absolute Gasteiger partial charge is 0.0622 e. The van der Waals surface area contributed by atoms with E-state index >= 15 is 0 Å². The minimum absolute atomic E-state index is 1.28. The molecule has 620 valence electrons. The molecule has 125 heavy (non-hydrogen) atoms. The second-order valence-electron chi connectivity index (χ2n) is 32.7. The van der Waals surface area contributed by atoms with E-state index in [9.17, 15) is 0 Å². The number of hydrogen-bond donors (Lipinski definition) is 0. The van der Waals surface area contributed by atoms with Crippen LogP contribution in [0.4, 0.5) is 0 Å². The van der Waals surface area contributed by atoms with E-state index in [0.717, 1.165) is 0 Å². The van der Waals surface area contributed by atoms with Crippen molar-refractivity contribution in [3.8, 4) is 89.0 Å². The molecule has 0 aliphatic carbocycles. The molecule has 0 spiro atoms. The van der Waals surface area contributed by atoms with E-state index in [1.807, 2.05) is 36.4 Å². The number of fused-ring (bicyclic) bond motifs is 2. The highest BCUT2D eigenvalue weighted by molar-refractivity contribution is 5.96. The van der Waals surface area contributed by atoms with Crippen LogP contribution in [0.25, 0.3) is 111 Å². The van der Waals surface area contributed by atoms with Crippen molar-refractivity contribution >= 4 is 21.5 Å². The molecule has 0 aliphatic heterocycles. The third-order valence-electron chi connectivity index (χ3n) is 21.8. The maximum Gasteiger partial charge on any atom is -0.0105 e. The molecule has 19 rings (SSSR count). The zero-order valence-electron chi connectivity index (χ0n) is 75.8. The van der Waals surface area contributed by atoms with Gasteiger partial charge in [-0.1, -0.05) is 516 Å². The van der Waals surface area contributed by atoms with Gasteiger partial charge in [0.1, 0.15) is 0 Å². The van der Waals surface area contributed by atoms with Crippen LogP contribution in [0.5, 0.6) is 0 Å². The van der Waals surface area contributed by atoms with Crippen LogP contribution in [0.3, 0.4) is 0 Å². The Morgan fingerprint density at radius 1 is 0.112 bits per heavy atom. The lowest BCUT2D eigenvalue weighted by Gasteiger charge is -2.11. The fourth-order valence-electron chi connectivity index (χ4n) is 14.9. The van der Waals surface area contributed by atoms with Crippen molar-refractivity contribution in [2.75, 3.05) is 0 Å². The third-order valence-corrected chi connectivity index (χ3v) is 21.8. The van der Waals surface area contributed by atoms with E-state index in [4.69, 9.17) is 0 Å². The van der Waals surface area contributed by atoms with Crippen molar-refractivity contribution in [1.29, 1.82) is 0 Å². The van der Waals surface area contributed by atoms with Crippen molar-refractivity contribution < 1.29 is 0 Å². The fraction of sp³-hybridized carbons (Fsp3) is 0.120. The third kappa shape index (κ3) is 28.9. The number of rotatable bonds is 8. The smallest absolute Gasteiger partial charge is 0.0105 e. The highest BCUT2D eigenvalue weighted by Gasteiger charge is 2.09. The van der Waals surface area contributed by atoms with Gasteiger partial charge >= 0.3 is 0 Å². The summed E-state index contributed by atoms with van der Waals surface area (Å²) in [7, 11) is 0. The Bertz CT molecular complexity index is 6340. The summed E-state index contributed by atoms with van der Waals surface area (Å²) in [6.45, 7) is 32.0. The molecular weight excluding hydrogens is 1500 g/mol. The second kappa shape index (κ2) is 47.2. The highest BCUT2D eigenvalue weighted by atomic mass is 14.1. The molecule has 0 bridgehead atoms. The summed E-state index contributed by atoms with van der Waals surface area (Å²) in [6.07, 6.45) is 0. The van der Waals surface area contributed by atoms with Gasteiger partial charge < -0.3 is 0 Å². The van der Waals surface area contributed by atoms with Gasteiger partial charge in [-0.05, 0) is 237 Å². The zero-order chi connectivity index (χ0) is 88.2. The molecule has 0 amide bonds. The van der Waals surface area contributed by atoms with Gasteiger partial charge in [-0.25, -0.2) is 0 Å². The summed E-state index contributed by atoms with van der Waals surface area (Å²) in [5.74, 6) is 0. The molecule has 19 aromatic carbocycles. The van der Waals surface area contributed by atoms with E-state index in [1.54, 1.807) is 0 Å². The van der Waals surface area contributed by atoms with Gasteiger partial charge in [-0.15, -0.1) is 0 Å². The van der Waals surface area contributed by atoms with Gasteiger partial charge in [-0.2, -0.15) is 0 Å². The van der Waals surface area contributed by atoms with Crippen LogP contribution in [-0.2, 0) is 0 Å². The molecule has 0 saturated heterocycles. The Kier molecular flexibility index (Phi) is 34.5. The summed E-state index contributed by atoms with van der Waals surface area (Å²) in [5, 5.41) is 5.21. The van der Waals surface area contributed by atoms with Crippen LogP contribution in [0.15, 0.2) is 455 Å². The molecular formula is C125H120. The minimum atomic E-state index is 1.28. The van der Waals surface area contributed by atoms with Crippen molar-refractivity contribution in [3.05, 3.63) is 538 Å².